The summed E-state index contributed by atoms with van der Waals surface area (Å²) < 4.78 is 36.3. The van der Waals surface area contributed by atoms with Crippen LogP contribution in [0.1, 0.15) is 27.2 Å². The van der Waals surface area contributed by atoms with Gasteiger partial charge < -0.3 is 15.2 Å². The van der Waals surface area contributed by atoms with Gasteiger partial charge in [0.25, 0.3) is 0 Å². The number of carboxylic acid groups (broad SMARTS) is 1. The predicted octanol–water partition coefficient (Wildman–Crippen LogP) is 4.13. The van der Waals surface area contributed by atoms with Crippen LogP contribution in [0.2, 0.25) is 0 Å². The Morgan fingerprint density at radius 1 is 1.28 bits per heavy atom. The zero-order valence-electron chi connectivity index (χ0n) is 16.3. The Labute approximate surface area is 166 Å². The van der Waals surface area contributed by atoms with E-state index in [1.807, 2.05) is 13.8 Å². The quantitative estimate of drug-likeness (QED) is 0.618. The van der Waals surface area contributed by atoms with Gasteiger partial charge in [0.15, 0.2) is 17.2 Å². The Bertz CT molecular complexity index is 1040. The SMILES string of the molecule is CC(C)CC(C)(COc1cc(F)c(-c2ccnc3ccnn23)cc1F)NC(=O)O. The molecular weight excluding hydrogens is 382 g/mol. The number of aromatic nitrogens is 3. The van der Waals surface area contributed by atoms with E-state index in [0.29, 0.717) is 17.8 Å². The lowest BCUT2D eigenvalue weighted by molar-refractivity contribution is 0.141. The molecule has 0 aliphatic carbocycles. The third-order valence-electron chi connectivity index (χ3n) is 4.40. The Morgan fingerprint density at radius 2 is 2.03 bits per heavy atom. The Balaban J connectivity index is 1.88. The summed E-state index contributed by atoms with van der Waals surface area (Å²) in [4.78, 5) is 15.2. The van der Waals surface area contributed by atoms with E-state index in [2.05, 4.69) is 15.4 Å². The Kier molecular flexibility index (Phi) is 5.67. The summed E-state index contributed by atoms with van der Waals surface area (Å²) in [6.07, 6.45) is 2.26. The van der Waals surface area contributed by atoms with Crippen LogP contribution < -0.4 is 10.1 Å². The normalized spacial score (nSPS) is 13.4. The highest BCUT2D eigenvalue weighted by Crippen LogP contribution is 2.30. The lowest BCUT2D eigenvalue weighted by atomic mass is 9.91. The van der Waals surface area contributed by atoms with Gasteiger partial charge in [-0.15, -0.1) is 0 Å². The van der Waals surface area contributed by atoms with Crippen LogP contribution in [0.25, 0.3) is 16.9 Å². The zero-order chi connectivity index (χ0) is 21.2. The topological polar surface area (TPSA) is 88.8 Å². The smallest absolute Gasteiger partial charge is 0.405 e. The van der Waals surface area contributed by atoms with Crippen LogP contribution in [0.3, 0.4) is 0 Å². The minimum Gasteiger partial charge on any atom is -0.488 e. The fourth-order valence-electron chi connectivity index (χ4n) is 3.42. The van der Waals surface area contributed by atoms with Gasteiger partial charge >= 0.3 is 6.09 Å². The van der Waals surface area contributed by atoms with Gasteiger partial charge in [0.2, 0.25) is 0 Å². The second kappa shape index (κ2) is 8.02. The van der Waals surface area contributed by atoms with Crippen molar-refractivity contribution in [2.45, 2.75) is 32.7 Å². The molecule has 0 bridgehead atoms. The minimum atomic E-state index is -1.21. The molecule has 9 heteroatoms. The van der Waals surface area contributed by atoms with Crippen molar-refractivity contribution in [2.24, 2.45) is 5.92 Å². The second-order valence-electron chi connectivity index (χ2n) is 7.57. The van der Waals surface area contributed by atoms with Gasteiger partial charge in [-0.25, -0.2) is 23.1 Å². The van der Waals surface area contributed by atoms with Gasteiger partial charge in [0, 0.05) is 23.9 Å². The van der Waals surface area contributed by atoms with Gasteiger partial charge in [-0.2, -0.15) is 5.10 Å². The highest BCUT2D eigenvalue weighted by atomic mass is 19.1. The molecule has 1 amide bonds. The summed E-state index contributed by atoms with van der Waals surface area (Å²) >= 11 is 0. The first-order chi connectivity index (χ1) is 13.7. The number of nitrogens with one attached hydrogen (secondary N) is 1. The molecule has 29 heavy (non-hydrogen) atoms. The highest BCUT2D eigenvalue weighted by molar-refractivity contribution is 5.66. The van der Waals surface area contributed by atoms with Crippen molar-refractivity contribution in [1.29, 1.82) is 0 Å². The first kappa shape index (κ1) is 20.5. The molecule has 1 atom stereocenters. The molecular formula is C20H22F2N4O3. The number of carbonyl (C=O) groups is 1. The van der Waals surface area contributed by atoms with Crippen LogP contribution >= 0.6 is 0 Å². The van der Waals surface area contributed by atoms with E-state index < -0.39 is 23.3 Å². The van der Waals surface area contributed by atoms with Crippen LogP contribution in [-0.4, -0.2) is 37.9 Å². The maximum Gasteiger partial charge on any atom is 0.405 e. The standard InChI is InChI=1S/C20H22F2N4O3/c1-12(2)10-20(3,25-19(27)28)11-29-17-9-14(21)13(8-15(17)22)16-4-6-23-18-5-7-24-26(16)18/h4-9,12,25H,10-11H2,1-3H3,(H,27,28). The monoisotopic (exact) mass is 404 g/mol. The second-order valence-corrected chi connectivity index (χ2v) is 7.57. The average molecular weight is 404 g/mol. The van der Waals surface area contributed by atoms with Crippen LogP contribution in [0.4, 0.5) is 13.6 Å². The van der Waals surface area contributed by atoms with Crippen molar-refractivity contribution in [3.05, 3.63) is 48.3 Å². The number of ether oxygens (including phenoxy) is 1. The third-order valence-corrected chi connectivity index (χ3v) is 4.40. The van der Waals surface area contributed by atoms with E-state index in [9.17, 15) is 13.6 Å². The molecule has 0 aliphatic rings. The molecule has 0 aliphatic heterocycles. The lowest BCUT2D eigenvalue weighted by Gasteiger charge is -2.31. The van der Waals surface area contributed by atoms with Crippen molar-refractivity contribution in [2.75, 3.05) is 6.61 Å². The largest absolute Gasteiger partial charge is 0.488 e. The number of hydrogen-bond acceptors (Lipinski definition) is 4. The summed E-state index contributed by atoms with van der Waals surface area (Å²) in [5.41, 5.74) is -0.0833. The van der Waals surface area contributed by atoms with Crippen molar-refractivity contribution >= 4 is 11.7 Å². The number of hydrogen-bond donors (Lipinski definition) is 2. The molecule has 1 unspecified atom stereocenters. The van der Waals surface area contributed by atoms with Crippen molar-refractivity contribution in [3.8, 4) is 17.0 Å². The van der Waals surface area contributed by atoms with E-state index in [0.717, 1.165) is 12.1 Å². The van der Waals surface area contributed by atoms with Gasteiger partial charge in [-0.1, -0.05) is 13.8 Å². The first-order valence-corrected chi connectivity index (χ1v) is 9.10. The molecule has 7 nitrogen and oxygen atoms in total. The molecule has 3 aromatic rings. The van der Waals surface area contributed by atoms with Crippen molar-refractivity contribution in [3.63, 3.8) is 0 Å². The molecule has 0 spiro atoms. The minimum absolute atomic E-state index is 0.0135. The average Bonchev–Trinajstić information content (AvgIpc) is 3.09. The van der Waals surface area contributed by atoms with Crippen LogP contribution in [0, 0.1) is 17.6 Å². The van der Waals surface area contributed by atoms with Crippen LogP contribution in [0.15, 0.2) is 36.7 Å². The Hall–Kier alpha value is -3.23. The molecule has 2 N–H and O–H groups in total. The van der Waals surface area contributed by atoms with E-state index >= 15 is 0 Å². The summed E-state index contributed by atoms with van der Waals surface area (Å²) in [7, 11) is 0. The number of amides is 1. The molecule has 2 heterocycles. The fourth-order valence-corrected chi connectivity index (χ4v) is 3.42. The molecule has 154 valence electrons. The van der Waals surface area contributed by atoms with Crippen LogP contribution in [0.5, 0.6) is 5.75 Å². The molecule has 0 fully saturated rings. The van der Waals surface area contributed by atoms with E-state index in [1.54, 1.807) is 13.0 Å². The van der Waals surface area contributed by atoms with Gasteiger partial charge in [-0.3, -0.25) is 0 Å². The van der Waals surface area contributed by atoms with E-state index in [-0.39, 0.29) is 23.8 Å². The summed E-state index contributed by atoms with van der Waals surface area (Å²) in [6.45, 7) is 5.38. The summed E-state index contributed by atoms with van der Waals surface area (Å²) in [6, 6.07) is 5.18. The van der Waals surface area contributed by atoms with Gasteiger partial charge in [0.1, 0.15) is 12.4 Å². The number of halogens is 2. The molecule has 0 radical (unpaired) electrons. The third kappa shape index (κ3) is 4.61. The highest BCUT2D eigenvalue weighted by Gasteiger charge is 2.29. The van der Waals surface area contributed by atoms with E-state index in [1.165, 1.54) is 23.0 Å². The molecule has 0 saturated heterocycles. The first-order valence-electron chi connectivity index (χ1n) is 9.10. The number of benzene rings is 1. The van der Waals surface area contributed by atoms with Crippen LogP contribution in [-0.2, 0) is 0 Å². The predicted molar refractivity (Wildman–Crippen MR) is 103 cm³/mol. The van der Waals surface area contributed by atoms with Gasteiger partial charge in [0.05, 0.1) is 17.4 Å². The maximum atomic E-state index is 14.8. The van der Waals surface area contributed by atoms with Crippen molar-refractivity contribution in [1.82, 2.24) is 19.9 Å². The summed E-state index contributed by atoms with van der Waals surface area (Å²) in [5, 5.41) is 15.6. The van der Waals surface area contributed by atoms with Gasteiger partial charge in [-0.05, 0) is 31.4 Å². The number of rotatable bonds is 7. The molecule has 2 aromatic heterocycles. The molecule has 1 aromatic carbocycles. The van der Waals surface area contributed by atoms with E-state index in [4.69, 9.17) is 9.84 Å². The number of nitrogens with zero attached hydrogens (tertiary/aromatic N) is 3. The zero-order valence-corrected chi connectivity index (χ0v) is 16.3. The summed E-state index contributed by atoms with van der Waals surface area (Å²) in [5.74, 6) is -1.58. The number of fused-ring (bicyclic) bond motifs is 1. The maximum absolute atomic E-state index is 14.8. The fraction of sp³-hybridized carbons (Fsp3) is 0.350. The lowest BCUT2D eigenvalue weighted by Crippen LogP contribution is -2.50. The van der Waals surface area contributed by atoms with Crippen molar-refractivity contribution < 1.29 is 23.4 Å². The molecule has 3 rings (SSSR count). The molecule has 0 saturated carbocycles. The Morgan fingerprint density at radius 3 is 2.72 bits per heavy atom.